The maximum atomic E-state index is 15.1. The highest BCUT2D eigenvalue weighted by atomic mass is 19.3. The standard InChI is InChI=1S/C22H43F2N3O2.3C2H6/c1-20(2,19-7-8-26(14-16-29-6)18-22(19,23)24)17-21(3,4)27-11-9-25(10-12-27)13-15-28-5;3*1-2/h19H,7-18H2,1-6H3;3*1-2H3. The van der Waals surface area contributed by atoms with Crippen LogP contribution in [0.25, 0.3) is 0 Å². The zero-order chi connectivity index (χ0) is 27.7. The molecule has 0 amide bonds. The Kier molecular flexibility index (Phi) is 19.8. The van der Waals surface area contributed by atoms with Crippen molar-refractivity contribution >= 4 is 0 Å². The number of rotatable bonds is 10. The molecule has 214 valence electrons. The Morgan fingerprint density at radius 1 is 0.743 bits per heavy atom. The van der Waals surface area contributed by atoms with E-state index < -0.39 is 17.3 Å². The monoisotopic (exact) mass is 509 g/mol. The van der Waals surface area contributed by atoms with E-state index in [-0.39, 0.29) is 12.1 Å². The molecule has 0 bridgehead atoms. The molecule has 2 aliphatic rings. The van der Waals surface area contributed by atoms with E-state index in [1.165, 1.54) is 0 Å². The smallest absolute Gasteiger partial charge is 0.263 e. The second kappa shape index (κ2) is 18.8. The lowest BCUT2D eigenvalue weighted by Crippen LogP contribution is -2.58. The van der Waals surface area contributed by atoms with Gasteiger partial charge in [0.1, 0.15) is 0 Å². The number of ether oxygens (including phenoxy) is 2. The number of hydrogen-bond donors (Lipinski definition) is 0. The van der Waals surface area contributed by atoms with Crippen LogP contribution in [-0.4, -0.2) is 106 Å². The number of likely N-dealkylation sites (tertiary alicyclic amines) is 1. The van der Waals surface area contributed by atoms with E-state index in [0.29, 0.717) is 19.6 Å². The number of alkyl halides is 2. The van der Waals surface area contributed by atoms with Crippen LogP contribution in [0.3, 0.4) is 0 Å². The van der Waals surface area contributed by atoms with Gasteiger partial charge in [0.05, 0.1) is 19.8 Å². The zero-order valence-electron chi connectivity index (χ0n) is 25.5. The van der Waals surface area contributed by atoms with Crippen LogP contribution in [-0.2, 0) is 9.47 Å². The molecular weight excluding hydrogens is 448 g/mol. The summed E-state index contributed by atoms with van der Waals surface area (Å²) in [6, 6.07) is 0. The quantitative estimate of drug-likeness (QED) is 0.353. The van der Waals surface area contributed by atoms with Gasteiger partial charge < -0.3 is 9.47 Å². The number of hydrogen-bond acceptors (Lipinski definition) is 5. The summed E-state index contributed by atoms with van der Waals surface area (Å²) in [5, 5.41) is 0. The van der Waals surface area contributed by atoms with Crippen LogP contribution in [0, 0.1) is 11.3 Å². The van der Waals surface area contributed by atoms with Gasteiger partial charge in [-0.05, 0) is 38.6 Å². The fourth-order valence-corrected chi connectivity index (χ4v) is 5.53. The first kappa shape index (κ1) is 36.8. The fourth-order valence-electron chi connectivity index (χ4n) is 5.53. The van der Waals surface area contributed by atoms with Crippen LogP contribution in [0.4, 0.5) is 8.78 Å². The fraction of sp³-hybridized carbons (Fsp3) is 1.00. The van der Waals surface area contributed by atoms with Crippen LogP contribution < -0.4 is 0 Å². The second-order valence-electron chi connectivity index (χ2n) is 10.2. The number of methoxy groups -OCH3 is 2. The molecule has 7 heteroatoms. The molecule has 0 aliphatic carbocycles. The number of halogens is 2. The average molecular weight is 510 g/mol. The molecule has 5 nitrogen and oxygen atoms in total. The van der Waals surface area contributed by atoms with Crippen molar-refractivity contribution in [2.24, 2.45) is 11.3 Å². The first-order chi connectivity index (χ1) is 16.5. The molecule has 0 aromatic heterocycles. The lowest BCUT2D eigenvalue weighted by molar-refractivity contribution is -0.156. The molecule has 0 N–H and O–H groups in total. The van der Waals surface area contributed by atoms with Gasteiger partial charge in [0, 0.05) is 64.9 Å². The Morgan fingerprint density at radius 2 is 1.20 bits per heavy atom. The van der Waals surface area contributed by atoms with E-state index in [2.05, 4.69) is 23.6 Å². The van der Waals surface area contributed by atoms with E-state index in [4.69, 9.17) is 9.47 Å². The molecule has 35 heavy (non-hydrogen) atoms. The van der Waals surface area contributed by atoms with E-state index in [1.54, 1.807) is 14.2 Å². The number of piperazine rings is 1. The highest BCUT2D eigenvalue weighted by Crippen LogP contribution is 2.48. The van der Waals surface area contributed by atoms with Gasteiger partial charge in [-0.15, -0.1) is 0 Å². The first-order valence-electron chi connectivity index (χ1n) is 14.1. The van der Waals surface area contributed by atoms with Crippen molar-refractivity contribution in [3.05, 3.63) is 0 Å². The molecule has 2 aliphatic heterocycles. The van der Waals surface area contributed by atoms with Crippen molar-refractivity contribution in [3.63, 3.8) is 0 Å². The van der Waals surface area contributed by atoms with Crippen molar-refractivity contribution in [1.29, 1.82) is 0 Å². The summed E-state index contributed by atoms with van der Waals surface area (Å²) >= 11 is 0. The van der Waals surface area contributed by atoms with Crippen LogP contribution in [0.2, 0.25) is 0 Å². The van der Waals surface area contributed by atoms with Gasteiger partial charge in [-0.25, -0.2) is 8.78 Å². The van der Waals surface area contributed by atoms with Crippen molar-refractivity contribution in [3.8, 4) is 0 Å². The summed E-state index contributed by atoms with van der Waals surface area (Å²) < 4.78 is 40.5. The Morgan fingerprint density at radius 3 is 1.63 bits per heavy atom. The molecule has 0 saturated carbocycles. The van der Waals surface area contributed by atoms with Gasteiger partial charge in [-0.1, -0.05) is 55.4 Å². The number of piperidine rings is 1. The summed E-state index contributed by atoms with van der Waals surface area (Å²) in [7, 11) is 3.35. The van der Waals surface area contributed by atoms with E-state index in [9.17, 15) is 0 Å². The topological polar surface area (TPSA) is 28.2 Å². The molecule has 2 saturated heterocycles. The molecule has 0 aromatic carbocycles. The summed E-state index contributed by atoms with van der Waals surface area (Å²) in [6.07, 6.45) is 1.32. The minimum absolute atomic E-state index is 0.0971. The summed E-state index contributed by atoms with van der Waals surface area (Å²) in [5.74, 6) is -3.25. The van der Waals surface area contributed by atoms with Gasteiger partial charge in [0.25, 0.3) is 5.92 Å². The highest BCUT2D eigenvalue weighted by Gasteiger charge is 2.52. The minimum atomic E-state index is -2.66. The van der Waals surface area contributed by atoms with Gasteiger partial charge in [0.2, 0.25) is 0 Å². The highest BCUT2D eigenvalue weighted by molar-refractivity contribution is 4.99. The first-order valence-corrected chi connectivity index (χ1v) is 14.1. The third kappa shape index (κ3) is 12.6. The van der Waals surface area contributed by atoms with Crippen LogP contribution in [0.5, 0.6) is 0 Å². The molecule has 0 radical (unpaired) electrons. The molecule has 1 atom stereocenters. The predicted octanol–water partition coefficient (Wildman–Crippen LogP) is 6.13. The molecule has 0 aromatic rings. The molecule has 2 fully saturated rings. The maximum Gasteiger partial charge on any atom is 0.263 e. The zero-order valence-corrected chi connectivity index (χ0v) is 25.5. The van der Waals surface area contributed by atoms with Crippen molar-refractivity contribution < 1.29 is 18.3 Å². The minimum Gasteiger partial charge on any atom is -0.383 e. The van der Waals surface area contributed by atoms with Crippen molar-refractivity contribution in [2.45, 2.75) is 93.5 Å². The van der Waals surface area contributed by atoms with E-state index >= 15 is 8.78 Å². The summed E-state index contributed by atoms with van der Waals surface area (Å²) in [6.45, 7) is 27.9. The third-order valence-corrected chi connectivity index (χ3v) is 6.96. The van der Waals surface area contributed by atoms with Gasteiger partial charge in [0.15, 0.2) is 0 Å². The third-order valence-electron chi connectivity index (χ3n) is 6.96. The molecule has 2 rings (SSSR count). The van der Waals surface area contributed by atoms with Gasteiger partial charge >= 0.3 is 0 Å². The van der Waals surface area contributed by atoms with Gasteiger partial charge in [-0.2, -0.15) is 0 Å². The summed E-state index contributed by atoms with van der Waals surface area (Å²) in [5.41, 5.74) is -0.520. The Hall–Kier alpha value is -0.340. The van der Waals surface area contributed by atoms with Crippen LogP contribution in [0.1, 0.15) is 82.1 Å². The molecule has 1 unspecified atom stereocenters. The van der Waals surface area contributed by atoms with E-state index in [1.807, 2.05) is 60.3 Å². The average Bonchev–Trinajstić information content (AvgIpc) is 2.84. The summed E-state index contributed by atoms with van der Waals surface area (Å²) in [4.78, 5) is 6.76. The Bertz CT molecular complexity index is 497. The van der Waals surface area contributed by atoms with Crippen LogP contribution >= 0.6 is 0 Å². The van der Waals surface area contributed by atoms with Crippen LogP contribution in [0.15, 0.2) is 0 Å². The second-order valence-corrected chi connectivity index (χ2v) is 10.2. The molecule has 0 spiro atoms. The largest absolute Gasteiger partial charge is 0.383 e. The molecule has 2 heterocycles. The SMILES string of the molecule is CC.CC.CC.COCCN1CCN(C(C)(C)CC(C)(C)C2CCN(CCOC)CC2(F)F)CC1. The Balaban J connectivity index is 0. The number of nitrogens with zero attached hydrogens (tertiary/aromatic N) is 3. The van der Waals surface area contributed by atoms with Crippen molar-refractivity contribution in [2.75, 3.05) is 79.8 Å². The maximum absolute atomic E-state index is 15.1. The predicted molar refractivity (Wildman–Crippen MR) is 148 cm³/mol. The molecular formula is C28H61F2N3O2. The van der Waals surface area contributed by atoms with E-state index in [0.717, 1.165) is 52.3 Å². The normalized spacial score (nSPS) is 21.6. The lowest BCUT2D eigenvalue weighted by atomic mass is 9.66. The van der Waals surface area contributed by atoms with Crippen molar-refractivity contribution in [1.82, 2.24) is 14.7 Å². The Labute approximate surface area is 217 Å². The lowest BCUT2D eigenvalue weighted by Gasteiger charge is -2.51. The van der Waals surface area contributed by atoms with Gasteiger partial charge in [-0.3, -0.25) is 14.7 Å².